The molecule has 2 atom stereocenters. The first kappa shape index (κ1) is 17.0. The lowest BCUT2D eigenvalue weighted by atomic mass is 9.79. The van der Waals surface area contributed by atoms with Gasteiger partial charge in [0.15, 0.2) is 0 Å². The predicted octanol–water partition coefficient (Wildman–Crippen LogP) is 2.62. The number of rotatable bonds is 4. The van der Waals surface area contributed by atoms with E-state index in [2.05, 4.69) is 34.5 Å². The Bertz CT molecular complexity index is 616. The molecule has 2 heterocycles. The van der Waals surface area contributed by atoms with Crippen molar-refractivity contribution in [3.63, 3.8) is 0 Å². The number of piperidine rings is 1. The fourth-order valence-electron chi connectivity index (χ4n) is 3.94. The Morgan fingerprint density at radius 3 is 2.58 bits per heavy atom. The molecule has 0 bridgehead atoms. The topological polar surface area (TPSA) is 52.7 Å². The summed E-state index contributed by atoms with van der Waals surface area (Å²) in [6.45, 7) is 8.42. The van der Waals surface area contributed by atoms with Crippen molar-refractivity contribution in [3.8, 4) is 0 Å². The van der Waals surface area contributed by atoms with Gasteiger partial charge in [-0.1, -0.05) is 30.3 Å². The van der Waals surface area contributed by atoms with Crippen LogP contribution in [-0.2, 0) is 11.3 Å². The predicted molar refractivity (Wildman–Crippen MR) is 93.4 cm³/mol. The Morgan fingerprint density at radius 1 is 1.25 bits per heavy atom. The summed E-state index contributed by atoms with van der Waals surface area (Å²) in [4.78, 5) is 28.9. The minimum atomic E-state index is -0.781. The van der Waals surface area contributed by atoms with Crippen molar-refractivity contribution in [1.82, 2.24) is 15.1 Å². The van der Waals surface area contributed by atoms with Gasteiger partial charge in [-0.15, -0.1) is 0 Å². The number of carbonyl (C=O) groups excluding carboxylic acids is 2. The van der Waals surface area contributed by atoms with Crippen molar-refractivity contribution in [2.75, 3.05) is 13.1 Å². The molecule has 130 valence electrons. The molecule has 1 N–H and O–H groups in total. The minimum Gasteiger partial charge on any atom is -0.323 e. The quantitative estimate of drug-likeness (QED) is 0.864. The number of nitrogens with zero attached hydrogens (tertiary/aromatic N) is 2. The molecule has 0 saturated carbocycles. The number of benzene rings is 1. The maximum atomic E-state index is 12.9. The van der Waals surface area contributed by atoms with Crippen LogP contribution in [0.25, 0.3) is 0 Å². The highest BCUT2D eigenvalue weighted by Gasteiger charge is 2.53. The van der Waals surface area contributed by atoms with Crippen LogP contribution in [0.2, 0.25) is 0 Å². The minimum absolute atomic E-state index is 0.0749. The van der Waals surface area contributed by atoms with Gasteiger partial charge in [-0.3, -0.25) is 14.6 Å². The van der Waals surface area contributed by atoms with Gasteiger partial charge in [0.05, 0.1) is 0 Å². The Balaban J connectivity index is 1.72. The molecule has 2 aliphatic heterocycles. The van der Waals surface area contributed by atoms with Crippen molar-refractivity contribution in [2.24, 2.45) is 5.92 Å². The molecular weight excluding hydrogens is 302 g/mol. The van der Waals surface area contributed by atoms with Crippen LogP contribution in [0.3, 0.4) is 0 Å². The van der Waals surface area contributed by atoms with Gasteiger partial charge in [0.25, 0.3) is 5.91 Å². The summed E-state index contributed by atoms with van der Waals surface area (Å²) in [6, 6.07) is 10.0. The largest absolute Gasteiger partial charge is 0.325 e. The Labute approximate surface area is 144 Å². The van der Waals surface area contributed by atoms with E-state index in [0.717, 1.165) is 32.5 Å². The third-order valence-electron chi connectivity index (χ3n) is 5.34. The fourth-order valence-corrected chi connectivity index (χ4v) is 3.94. The van der Waals surface area contributed by atoms with Gasteiger partial charge >= 0.3 is 6.03 Å². The van der Waals surface area contributed by atoms with Crippen molar-refractivity contribution >= 4 is 11.9 Å². The maximum Gasteiger partial charge on any atom is 0.325 e. The van der Waals surface area contributed by atoms with Gasteiger partial charge < -0.3 is 5.32 Å². The average Bonchev–Trinajstić information content (AvgIpc) is 2.79. The molecule has 5 heteroatoms. The van der Waals surface area contributed by atoms with Gasteiger partial charge in [-0.05, 0) is 45.7 Å². The normalized spacial score (nSPS) is 28.5. The zero-order chi connectivity index (χ0) is 17.3. The monoisotopic (exact) mass is 329 g/mol. The standard InChI is InChI=1S/C19H27N3O2/c1-14(2)22-17(23)19(3,20-18(22)24)16-10-7-11-21(13-16)12-15-8-5-4-6-9-15/h4-6,8-9,14,16H,7,10-13H2,1-3H3,(H,20,24). The summed E-state index contributed by atoms with van der Waals surface area (Å²) in [6.07, 6.45) is 2.03. The fraction of sp³-hybridized carbons (Fsp3) is 0.579. The molecule has 24 heavy (non-hydrogen) atoms. The van der Waals surface area contributed by atoms with Crippen LogP contribution in [0.15, 0.2) is 30.3 Å². The first-order chi connectivity index (χ1) is 11.4. The molecule has 1 aromatic rings. The van der Waals surface area contributed by atoms with E-state index >= 15 is 0 Å². The van der Waals surface area contributed by atoms with Crippen LogP contribution in [0, 0.1) is 5.92 Å². The number of hydrogen-bond donors (Lipinski definition) is 1. The summed E-state index contributed by atoms with van der Waals surface area (Å²) >= 11 is 0. The van der Waals surface area contributed by atoms with Crippen LogP contribution < -0.4 is 5.32 Å². The van der Waals surface area contributed by atoms with Crippen LogP contribution in [0.1, 0.15) is 39.2 Å². The van der Waals surface area contributed by atoms with E-state index in [9.17, 15) is 9.59 Å². The van der Waals surface area contributed by atoms with Crippen molar-refractivity contribution in [1.29, 1.82) is 0 Å². The molecule has 0 radical (unpaired) electrons. The molecule has 3 rings (SSSR count). The summed E-state index contributed by atoms with van der Waals surface area (Å²) in [5, 5.41) is 2.98. The number of imide groups is 1. The SMILES string of the molecule is CC(C)N1C(=O)NC(C)(C2CCCN(Cc3ccccc3)C2)C1=O. The molecule has 2 unspecified atom stereocenters. The molecule has 3 amide bonds. The molecule has 0 spiro atoms. The van der Waals surface area contributed by atoms with Crippen molar-refractivity contribution < 1.29 is 9.59 Å². The summed E-state index contributed by atoms with van der Waals surface area (Å²) in [5.41, 5.74) is 0.505. The van der Waals surface area contributed by atoms with E-state index in [4.69, 9.17) is 0 Å². The molecule has 2 saturated heterocycles. The molecule has 2 aliphatic rings. The maximum absolute atomic E-state index is 12.9. The van der Waals surface area contributed by atoms with E-state index in [1.807, 2.05) is 26.8 Å². The van der Waals surface area contributed by atoms with Crippen LogP contribution in [-0.4, -0.2) is 46.4 Å². The van der Waals surface area contributed by atoms with Gasteiger partial charge in [0.1, 0.15) is 5.54 Å². The van der Waals surface area contributed by atoms with Gasteiger partial charge in [0.2, 0.25) is 0 Å². The summed E-state index contributed by atoms with van der Waals surface area (Å²) < 4.78 is 0. The number of likely N-dealkylation sites (tertiary alicyclic amines) is 1. The number of hydrogen-bond acceptors (Lipinski definition) is 3. The van der Waals surface area contributed by atoms with Gasteiger partial charge in [-0.25, -0.2) is 4.79 Å². The highest BCUT2D eigenvalue weighted by atomic mass is 16.2. The molecule has 0 aromatic heterocycles. The van der Waals surface area contributed by atoms with Crippen LogP contribution in [0.4, 0.5) is 4.79 Å². The van der Waals surface area contributed by atoms with Crippen LogP contribution in [0.5, 0.6) is 0 Å². The summed E-state index contributed by atoms with van der Waals surface area (Å²) in [5.74, 6) is 0.0734. The van der Waals surface area contributed by atoms with Crippen LogP contribution >= 0.6 is 0 Å². The van der Waals surface area contributed by atoms with E-state index in [1.165, 1.54) is 10.5 Å². The molecule has 2 fully saturated rings. The van der Waals surface area contributed by atoms with Gasteiger partial charge in [0, 0.05) is 25.0 Å². The Kier molecular flexibility index (Phi) is 4.63. The highest BCUT2D eigenvalue weighted by Crippen LogP contribution is 2.33. The lowest BCUT2D eigenvalue weighted by molar-refractivity contribution is -0.134. The third-order valence-corrected chi connectivity index (χ3v) is 5.34. The first-order valence-electron chi connectivity index (χ1n) is 8.84. The number of amides is 3. The van der Waals surface area contributed by atoms with E-state index in [-0.39, 0.29) is 23.9 Å². The van der Waals surface area contributed by atoms with Crippen molar-refractivity contribution in [3.05, 3.63) is 35.9 Å². The molecule has 1 aromatic carbocycles. The Hall–Kier alpha value is -1.88. The van der Waals surface area contributed by atoms with Crippen molar-refractivity contribution in [2.45, 2.75) is 51.7 Å². The number of nitrogens with one attached hydrogen (secondary N) is 1. The lowest BCUT2D eigenvalue weighted by Crippen LogP contribution is -2.55. The second kappa shape index (κ2) is 6.55. The molecular formula is C19H27N3O2. The highest BCUT2D eigenvalue weighted by molar-refractivity contribution is 6.07. The van der Waals surface area contributed by atoms with E-state index < -0.39 is 5.54 Å². The molecule has 0 aliphatic carbocycles. The lowest BCUT2D eigenvalue weighted by Gasteiger charge is -2.40. The number of urea groups is 1. The second-order valence-corrected chi connectivity index (χ2v) is 7.46. The average molecular weight is 329 g/mol. The zero-order valence-electron chi connectivity index (χ0n) is 14.8. The number of carbonyl (C=O) groups is 2. The smallest absolute Gasteiger partial charge is 0.323 e. The summed E-state index contributed by atoms with van der Waals surface area (Å²) in [7, 11) is 0. The molecule has 5 nitrogen and oxygen atoms in total. The van der Waals surface area contributed by atoms with E-state index in [1.54, 1.807) is 0 Å². The third kappa shape index (κ3) is 3.05. The van der Waals surface area contributed by atoms with E-state index in [0.29, 0.717) is 0 Å². The Morgan fingerprint density at radius 2 is 1.96 bits per heavy atom. The van der Waals surface area contributed by atoms with Gasteiger partial charge in [-0.2, -0.15) is 0 Å². The second-order valence-electron chi connectivity index (χ2n) is 7.46. The first-order valence-corrected chi connectivity index (χ1v) is 8.84. The zero-order valence-corrected chi connectivity index (χ0v) is 14.8.